The van der Waals surface area contributed by atoms with Gasteiger partial charge in [-0.3, -0.25) is 0 Å². The highest BCUT2D eigenvalue weighted by atomic mass is 32.2. The number of carboxylic acids is 1. The van der Waals surface area contributed by atoms with E-state index in [2.05, 4.69) is 10.3 Å². The SMILES string of the molecule is CCOc1ccc(S(=O)(=O)c2nnn(-c3ccc(C(=O)O)cc3)c2-c2ccc(C)cc2)cc1. The Bertz CT molecular complexity index is 1390. The van der Waals surface area contributed by atoms with E-state index in [0.717, 1.165) is 5.56 Å². The maximum Gasteiger partial charge on any atom is 0.335 e. The van der Waals surface area contributed by atoms with Crippen LogP contribution in [-0.4, -0.2) is 41.1 Å². The van der Waals surface area contributed by atoms with Crippen LogP contribution in [-0.2, 0) is 9.84 Å². The number of benzene rings is 3. The summed E-state index contributed by atoms with van der Waals surface area (Å²) in [6.45, 7) is 4.25. The molecule has 0 unspecified atom stereocenters. The average Bonchev–Trinajstić information content (AvgIpc) is 3.26. The molecular weight excluding hydrogens is 442 g/mol. The van der Waals surface area contributed by atoms with Gasteiger partial charge in [-0.1, -0.05) is 35.0 Å². The molecule has 0 spiro atoms. The van der Waals surface area contributed by atoms with Gasteiger partial charge in [0.2, 0.25) is 14.9 Å². The average molecular weight is 464 g/mol. The molecule has 3 aromatic carbocycles. The lowest BCUT2D eigenvalue weighted by Crippen LogP contribution is -2.06. The van der Waals surface area contributed by atoms with Crippen LogP contribution in [0, 0.1) is 6.92 Å². The Labute approximate surface area is 191 Å². The zero-order valence-electron chi connectivity index (χ0n) is 18.0. The van der Waals surface area contributed by atoms with Crippen LogP contribution in [0.2, 0.25) is 0 Å². The van der Waals surface area contributed by atoms with Gasteiger partial charge in [-0.05, 0) is 62.4 Å². The van der Waals surface area contributed by atoms with Gasteiger partial charge in [0, 0.05) is 5.56 Å². The first-order valence-corrected chi connectivity index (χ1v) is 11.6. The maximum atomic E-state index is 13.5. The van der Waals surface area contributed by atoms with Gasteiger partial charge >= 0.3 is 5.97 Å². The minimum atomic E-state index is -4.01. The Hall–Kier alpha value is -3.98. The molecule has 33 heavy (non-hydrogen) atoms. The second-order valence-electron chi connectivity index (χ2n) is 7.28. The largest absolute Gasteiger partial charge is 0.494 e. The predicted octanol–water partition coefficient (Wildman–Crippen LogP) is 4.17. The fourth-order valence-corrected chi connectivity index (χ4v) is 4.65. The molecule has 0 aliphatic carbocycles. The van der Waals surface area contributed by atoms with Crippen LogP contribution in [0.15, 0.2) is 82.7 Å². The number of rotatable bonds is 7. The number of aromatic nitrogens is 3. The molecule has 9 heteroatoms. The highest BCUT2D eigenvalue weighted by Gasteiger charge is 2.29. The van der Waals surface area contributed by atoms with Crippen LogP contribution in [0.1, 0.15) is 22.8 Å². The van der Waals surface area contributed by atoms with E-state index in [0.29, 0.717) is 23.6 Å². The van der Waals surface area contributed by atoms with E-state index in [4.69, 9.17) is 4.74 Å². The number of carboxylic acid groups (broad SMARTS) is 1. The fourth-order valence-electron chi connectivity index (χ4n) is 3.33. The topological polar surface area (TPSA) is 111 Å². The molecule has 1 N–H and O–H groups in total. The summed E-state index contributed by atoms with van der Waals surface area (Å²) in [5, 5.41) is 17.1. The monoisotopic (exact) mass is 463 g/mol. The molecule has 0 fully saturated rings. The lowest BCUT2D eigenvalue weighted by molar-refractivity contribution is 0.0697. The molecule has 0 aliphatic heterocycles. The number of aryl methyl sites for hydroxylation is 1. The summed E-state index contributed by atoms with van der Waals surface area (Å²) in [5.74, 6) is -0.491. The lowest BCUT2D eigenvalue weighted by Gasteiger charge is -2.10. The molecule has 168 valence electrons. The summed E-state index contributed by atoms with van der Waals surface area (Å²) in [6, 6.07) is 19.4. The van der Waals surface area contributed by atoms with Crippen molar-refractivity contribution in [2.45, 2.75) is 23.8 Å². The second-order valence-corrected chi connectivity index (χ2v) is 9.15. The first-order chi connectivity index (χ1) is 15.8. The number of ether oxygens (including phenoxy) is 1. The number of aromatic carboxylic acids is 1. The van der Waals surface area contributed by atoms with Gasteiger partial charge in [-0.25, -0.2) is 17.9 Å². The molecule has 8 nitrogen and oxygen atoms in total. The van der Waals surface area contributed by atoms with Gasteiger partial charge in [0.05, 0.1) is 22.8 Å². The molecule has 4 aromatic rings. The van der Waals surface area contributed by atoms with Crippen molar-refractivity contribution >= 4 is 15.8 Å². The normalized spacial score (nSPS) is 11.3. The second kappa shape index (κ2) is 8.87. The van der Waals surface area contributed by atoms with Crippen molar-refractivity contribution in [3.63, 3.8) is 0 Å². The number of nitrogens with zero attached hydrogens (tertiary/aromatic N) is 3. The van der Waals surface area contributed by atoms with Gasteiger partial charge in [0.25, 0.3) is 0 Å². The Morgan fingerprint density at radius 2 is 1.61 bits per heavy atom. The van der Waals surface area contributed by atoms with E-state index < -0.39 is 15.8 Å². The molecule has 0 atom stereocenters. The lowest BCUT2D eigenvalue weighted by atomic mass is 10.1. The van der Waals surface area contributed by atoms with E-state index in [9.17, 15) is 18.3 Å². The fraction of sp³-hybridized carbons (Fsp3) is 0.125. The minimum absolute atomic E-state index is 0.0626. The molecule has 0 aliphatic rings. The molecule has 0 radical (unpaired) electrons. The van der Waals surface area contributed by atoms with Crippen LogP contribution in [0.3, 0.4) is 0 Å². The van der Waals surface area contributed by atoms with Crippen LogP contribution in [0.25, 0.3) is 16.9 Å². The maximum absolute atomic E-state index is 13.5. The standard InChI is InChI=1S/C24H21N3O5S/c1-3-32-20-12-14-21(15-13-20)33(30,31)23-22(17-6-4-16(2)5-7-17)27(26-25-23)19-10-8-18(9-11-19)24(28)29/h4-15H,3H2,1-2H3,(H,28,29). The van der Waals surface area contributed by atoms with Crippen LogP contribution < -0.4 is 4.74 Å². The van der Waals surface area contributed by atoms with Crippen molar-refractivity contribution in [2.75, 3.05) is 6.61 Å². The third kappa shape index (κ3) is 4.35. The number of hydrogen-bond acceptors (Lipinski definition) is 6. The number of carbonyl (C=O) groups is 1. The summed E-state index contributed by atoms with van der Waals surface area (Å²) < 4.78 is 33.8. The van der Waals surface area contributed by atoms with Crippen LogP contribution in [0.5, 0.6) is 5.75 Å². The van der Waals surface area contributed by atoms with Gasteiger partial charge in [0.1, 0.15) is 11.4 Å². The summed E-state index contributed by atoms with van der Waals surface area (Å²) in [4.78, 5) is 11.3. The third-order valence-electron chi connectivity index (χ3n) is 5.02. The summed E-state index contributed by atoms with van der Waals surface area (Å²) in [5.41, 5.74) is 2.50. The first kappa shape index (κ1) is 22.2. The van der Waals surface area contributed by atoms with Crippen molar-refractivity contribution in [3.8, 4) is 22.7 Å². The number of sulfone groups is 1. The molecular formula is C24H21N3O5S. The van der Waals surface area contributed by atoms with Crippen molar-refractivity contribution in [2.24, 2.45) is 0 Å². The summed E-state index contributed by atoms with van der Waals surface area (Å²) in [6.07, 6.45) is 0. The Kier molecular flexibility index (Phi) is 5.97. The molecule has 1 heterocycles. The van der Waals surface area contributed by atoms with E-state index in [1.54, 1.807) is 36.4 Å². The van der Waals surface area contributed by atoms with Gasteiger partial charge < -0.3 is 9.84 Å². The number of hydrogen-bond donors (Lipinski definition) is 1. The first-order valence-electron chi connectivity index (χ1n) is 10.2. The Morgan fingerprint density at radius 3 is 2.18 bits per heavy atom. The highest BCUT2D eigenvalue weighted by molar-refractivity contribution is 7.91. The Morgan fingerprint density at radius 1 is 0.970 bits per heavy atom. The van der Waals surface area contributed by atoms with E-state index in [1.165, 1.54) is 28.9 Å². The third-order valence-corrected chi connectivity index (χ3v) is 6.70. The van der Waals surface area contributed by atoms with Crippen molar-refractivity contribution in [3.05, 3.63) is 83.9 Å². The van der Waals surface area contributed by atoms with Crippen LogP contribution in [0.4, 0.5) is 0 Å². The zero-order chi connectivity index (χ0) is 23.6. The molecule has 0 bridgehead atoms. The quantitative estimate of drug-likeness (QED) is 0.438. The minimum Gasteiger partial charge on any atom is -0.494 e. The molecule has 0 amide bonds. The molecule has 1 aromatic heterocycles. The van der Waals surface area contributed by atoms with E-state index in [1.807, 2.05) is 26.0 Å². The van der Waals surface area contributed by atoms with E-state index >= 15 is 0 Å². The highest BCUT2D eigenvalue weighted by Crippen LogP contribution is 2.32. The van der Waals surface area contributed by atoms with Gasteiger partial charge in [-0.15, -0.1) is 5.10 Å². The van der Waals surface area contributed by atoms with Crippen molar-refractivity contribution in [1.29, 1.82) is 0 Å². The molecule has 4 rings (SSSR count). The summed E-state index contributed by atoms with van der Waals surface area (Å²) >= 11 is 0. The smallest absolute Gasteiger partial charge is 0.335 e. The van der Waals surface area contributed by atoms with Gasteiger partial charge in [0.15, 0.2) is 0 Å². The predicted molar refractivity (Wildman–Crippen MR) is 122 cm³/mol. The van der Waals surface area contributed by atoms with Crippen molar-refractivity contribution in [1.82, 2.24) is 15.0 Å². The van der Waals surface area contributed by atoms with Crippen molar-refractivity contribution < 1.29 is 23.1 Å². The summed E-state index contributed by atoms with van der Waals surface area (Å²) in [7, 11) is -4.01. The van der Waals surface area contributed by atoms with E-state index in [-0.39, 0.29) is 21.2 Å². The Balaban J connectivity index is 1.88. The zero-order valence-corrected chi connectivity index (χ0v) is 18.8. The van der Waals surface area contributed by atoms with Gasteiger partial charge in [-0.2, -0.15) is 0 Å². The van der Waals surface area contributed by atoms with Crippen LogP contribution >= 0.6 is 0 Å². The molecule has 0 saturated heterocycles. The molecule has 0 saturated carbocycles.